The summed E-state index contributed by atoms with van der Waals surface area (Å²) in [5.74, 6) is -0.342. The maximum Gasteiger partial charge on any atom is 0.260 e. The molecule has 3 rings (SSSR count). The number of hydrogen-bond acceptors (Lipinski definition) is 3. The summed E-state index contributed by atoms with van der Waals surface area (Å²) < 4.78 is 21.6. The van der Waals surface area contributed by atoms with E-state index in [1.807, 2.05) is 18.7 Å². The second-order valence-corrected chi connectivity index (χ2v) is 5.93. The van der Waals surface area contributed by atoms with Crippen LogP contribution in [0.1, 0.15) is 43.1 Å². The Labute approximate surface area is 124 Å². The van der Waals surface area contributed by atoms with Gasteiger partial charge in [-0.1, -0.05) is 0 Å². The fourth-order valence-electron chi connectivity index (χ4n) is 3.14. The molecule has 0 aromatic carbocycles. The molecule has 0 N–H and O–H groups in total. The van der Waals surface area contributed by atoms with Crippen LogP contribution in [-0.4, -0.2) is 39.4 Å². The van der Waals surface area contributed by atoms with Crippen LogP contribution in [0.4, 0.5) is 4.39 Å². The van der Waals surface area contributed by atoms with Crippen molar-refractivity contribution in [2.75, 3.05) is 13.2 Å². The van der Waals surface area contributed by atoms with Crippen LogP contribution < -0.4 is 0 Å². The summed E-state index contributed by atoms with van der Waals surface area (Å²) >= 11 is 0. The van der Waals surface area contributed by atoms with Crippen LogP contribution in [0.25, 0.3) is 0 Å². The third-order valence-electron chi connectivity index (χ3n) is 4.59. The molecule has 2 heterocycles. The Morgan fingerprint density at radius 2 is 2.24 bits per heavy atom. The lowest BCUT2D eigenvalue weighted by atomic mass is 9.80. The van der Waals surface area contributed by atoms with E-state index < -0.39 is 5.67 Å². The molecule has 1 fully saturated rings. The molecule has 6 heteroatoms. The monoisotopic (exact) mass is 295 g/mol. The molecule has 0 saturated heterocycles. The Balaban J connectivity index is 1.79. The highest BCUT2D eigenvalue weighted by Gasteiger charge is 2.47. The Kier molecular flexibility index (Phi) is 3.73. The summed E-state index contributed by atoms with van der Waals surface area (Å²) in [4.78, 5) is 14.0. The van der Waals surface area contributed by atoms with E-state index in [9.17, 15) is 9.18 Å². The zero-order chi connectivity index (χ0) is 15.0. The first-order valence-electron chi connectivity index (χ1n) is 7.65. The molecule has 0 atom stereocenters. The molecule has 1 aliphatic heterocycles. The average Bonchev–Trinajstić information content (AvgIpc) is 2.77. The van der Waals surface area contributed by atoms with Gasteiger partial charge in [-0.15, -0.1) is 0 Å². The van der Waals surface area contributed by atoms with Crippen molar-refractivity contribution in [1.29, 1.82) is 0 Å². The van der Waals surface area contributed by atoms with Crippen molar-refractivity contribution < 1.29 is 13.9 Å². The van der Waals surface area contributed by atoms with E-state index >= 15 is 0 Å². The Hall–Kier alpha value is -1.43. The minimum absolute atomic E-state index is 0.342. The van der Waals surface area contributed by atoms with Gasteiger partial charge in [0.1, 0.15) is 0 Å². The number of carbonyl (C=O) groups excluding carboxylic acids is 1. The van der Waals surface area contributed by atoms with Gasteiger partial charge in [-0.2, -0.15) is 5.10 Å². The van der Waals surface area contributed by atoms with Gasteiger partial charge >= 0.3 is 0 Å². The second-order valence-electron chi connectivity index (χ2n) is 5.93. The maximum absolute atomic E-state index is 14.3. The van der Waals surface area contributed by atoms with Crippen molar-refractivity contribution in [1.82, 2.24) is 14.7 Å². The fourth-order valence-corrected chi connectivity index (χ4v) is 3.14. The molecule has 1 aromatic heterocycles. The number of carbonyl (C=O) groups is 1. The number of aromatic nitrogens is 2. The lowest BCUT2D eigenvalue weighted by Crippen LogP contribution is -2.51. The predicted octanol–water partition coefficient (Wildman–Crippen LogP) is 1.73. The first-order chi connectivity index (χ1) is 10.0. The topological polar surface area (TPSA) is 47.4 Å². The standard InChI is InChI=1S/C15H22FN3O2/c1-3-21-10-12-11-9-19(8-5-13(11)18(2)17-12)14(20)15(16)6-4-7-15/h3-10H2,1-2H3. The van der Waals surface area contributed by atoms with Crippen molar-refractivity contribution in [3.63, 3.8) is 0 Å². The first kappa shape index (κ1) is 14.5. The molecular formula is C15H22FN3O2. The molecule has 0 bridgehead atoms. The summed E-state index contributed by atoms with van der Waals surface area (Å²) in [5.41, 5.74) is 1.43. The number of alkyl halides is 1. The van der Waals surface area contributed by atoms with Gasteiger partial charge < -0.3 is 9.64 Å². The molecule has 0 spiro atoms. The highest BCUT2D eigenvalue weighted by molar-refractivity contribution is 5.86. The van der Waals surface area contributed by atoms with E-state index in [4.69, 9.17) is 4.74 Å². The van der Waals surface area contributed by atoms with E-state index in [-0.39, 0.29) is 5.91 Å². The maximum atomic E-state index is 14.3. The zero-order valence-corrected chi connectivity index (χ0v) is 12.7. The molecule has 1 aromatic rings. The second kappa shape index (κ2) is 5.40. The average molecular weight is 295 g/mol. The van der Waals surface area contributed by atoms with Crippen molar-refractivity contribution in [3.8, 4) is 0 Å². The Morgan fingerprint density at radius 3 is 2.86 bits per heavy atom. The van der Waals surface area contributed by atoms with Crippen LogP contribution in [0, 0.1) is 0 Å². The molecule has 2 aliphatic rings. The summed E-state index contributed by atoms with van der Waals surface area (Å²) in [7, 11) is 1.91. The molecule has 0 radical (unpaired) electrons. The van der Waals surface area contributed by atoms with E-state index in [0.29, 0.717) is 39.1 Å². The molecule has 21 heavy (non-hydrogen) atoms. The molecule has 116 valence electrons. The van der Waals surface area contributed by atoms with Crippen LogP contribution >= 0.6 is 0 Å². The Morgan fingerprint density at radius 1 is 1.48 bits per heavy atom. The highest BCUT2D eigenvalue weighted by atomic mass is 19.1. The summed E-state index contributed by atoms with van der Waals surface area (Å²) in [5, 5.41) is 4.48. The molecular weight excluding hydrogens is 273 g/mol. The summed E-state index contributed by atoms with van der Waals surface area (Å²) in [6.07, 6.45) is 2.28. The zero-order valence-electron chi connectivity index (χ0n) is 12.7. The van der Waals surface area contributed by atoms with Gasteiger partial charge in [0.25, 0.3) is 5.91 Å². The smallest absolute Gasteiger partial charge is 0.260 e. The number of rotatable bonds is 4. The number of hydrogen-bond donors (Lipinski definition) is 0. The number of fused-ring (bicyclic) bond motifs is 1. The first-order valence-corrected chi connectivity index (χ1v) is 7.65. The number of halogens is 1. The minimum Gasteiger partial charge on any atom is -0.375 e. The van der Waals surface area contributed by atoms with Crippen molar-refractivity contribution >= 4 is 5.91 Å². The summed E-state index contributed by atoms with van der Waals surface area (Å²) in [6.45, 7) is 4.04. The predicted molar refractivity (Wildman–Crippen MR) is 75.3 cm³/mol. The molecule has 1 amide bonds. The lowest BCUT2D eigenvalue weighted by molar-refractivity contribution is -0.151. The van der Waals surface area contributed by atoms with E-state index in [2.05, 4.69) is 5.10 Å². The van der Waals surface area contributed by atoms with Crippen LogP contribution in [0.5, 0.6) is 0 Å². The van der Waals surface area contributed by atoms with E-state index in [1.165, 1.54) is 0 Å². The van der Waals surface area contributed by atoms with Gasteiger partial charge in [-0.25, -0.2) is 4.39 Å². The normalized spacial score (nSPS) is 20.0. The van der Waals surface area contributed by atoms with Crippen molar-refractivity contribution in [2.24, 2.45) is 7.05 Å². The van der Waals surface area contributed by atoms with Crippen LogP contribution in [-0.2, 0) is 36.2 Å². The summed E-state index contributed by atoms with van der Waals surface area (Å²) in [6, 6.07) is 0. The molecule has 0 unspecified atom stereocenters. The number of amides is 1. The third kappa shape index (κ3) is 2.46. The molecule has 1 saturated carbocycles. The Bertz CT molecular complexity index is 551. The van der Waals surface area contributed by atoms with Crippen molar-refractivity contribution in [3.05, 3.63) is 17.0 Å². The number of ether oxygens (including phenoxy) is 1. The van der Waals surface area contributed by atoms with Gasteiger partial charge in [0.15, 0.2) is 5.67 Å². The fraction of sp³-hybridized carbons (Fsp3) is 0.733. The van der Waals surface area contributed by atoms with Crippen molar-refractivity contribution in [2.45, 2.75) is 51.4 Å². The quantitative estimate of drug-likeness (QED) is 0.850. The highest BCUT2D eigenvalue weighted by Crippen LogP contribution is 2.38. The van der Waals surface area contributed by atoms with Gasteiger partial charge in [-0.05, 0) is 26.2 Å². The number of aryl methyl sites for hydroxylation is 1. The SMILES string of the molecule is CCOCc1nn(C)c2c1CN(C(=O)C1(F)CCC1)CC2. The van der Waals surface area contributed by atoms with Gasteiger partial charge in [-0.3, -0.25) is 9.48 Å². The van der Waals surface area contributed by atoms with Crippen LogP contribution in [0.15, 0.2) is 0 Å². The van der Waals surface area contributed by atoms with Gasteiger partial charge in [0.05, 0.1) is 12.3 Å². The number of nitrogens with zero attached hydrogens (tertiary/aromatic N) is 3. The lowest BCUT2D eigenvalue weighted by Gasteiger charge is -2.38. The van der Waals surface area contributed by atoms with Crippen LogP contribution in [0.2, 0.25) is 0 Å². The van der Waals surface area contributed by atoms with Gasteiger partial charge in [0.2, 0.25) is 0 Å². The van der Waals surface area contributed by atoms with Gasteiger partial charge in [0, 0.05) is 44.4 Å². The minimum atomic E-state index is -1.61. The molecule has 1 aliphatic carbocycles. The van der Waals surface area contributed by atoms with E-state index in [0.717, 1.165) is 29.8 Å². The molecule has 5 nitrogen and oxygen atoms in total. The van der Waals surface area contributed by atoms with Crippen LogP contribution in [0.3, 0.4) is 0 Å². The largest absolute Gasteiger partial charge is 0.375 e. The third-order valence-corrected chi connectivity index (χ3v) is 4.59. The van der Waals surface area contributed by atoms with E-state index in [1.54, 1.807) is 4.90 Å².